The highest BCUT2D eigenvalue weighted by Crippen LogP contribution is 2.32. The fourth-order valence-electron chi connectivity index (χ4n) is 1.93. The van der Waals surface area contributed by atoms with Gasteiger partial charge in [-0.25, -0.2) is 9.97 Å². The molecule has 0 radical (unpaired) electrons. The minimum atomic E-state index is 0.340. The fraction of sp³-hybridized carbons (Fsp3) is 0.538. The van der Waals surface area contributed by atoms with E-state index in [2.05, 4.69) is 47.5 Å². The Bertz CT molecular complexity index is 527. The monoisotopic (exact) mass is 264 g/mol. The van der Waals surface area contributed by atoms with Crippen LogP contribution in [0.1, 0.15) is 43.4 Å². The Kier molecular flexibility index (Phi) is 3.82. The maximum Gasteiger partial charge on any atom is 0.142 e. The van der Waals surface area contributed by atoms with Gasteiger partial charge in [0, 0.05) is 17.0 Å². The second kappa shape index (κ2) is 5.20. The van der Waals surface area contributed by atoms with Crippen LogP contribution in [0.4, 0.5) is 0 Å². The molecule has 0 aliphatic carbocycles. The van der Waals surface area contributed by atoms with Crippen molar-refractivity contribution in [2.24, 2.45) is 0 Å². The van der Waals surface area contributed by atoms with Crippen LogP contribution < -0.4 is 5.32 Å². The molecule has 0 bridgehead atoms. The third kappa shape index (κ3) is 2.33. The van der Waals surface area contributed by atoms with Crippen molar-refractivity contribution in [2.75, 3.05) is 7.05 Å². The minimum absolute atomic E-state index is 0.340. The van der Waals surface area contributed by atoms with Gasteiger partial charge in [0.2, 0.25) is 0 Å². The van der Waals surface area contributed by atoms with E-state index in [0.29, 0.717) is 12.1 Å². The molecule has 0 amide bonds. The van der Waals surface area contributed by atoms with Crippen molar-refractivity contribution in [3.05, 3.63) is 23.1 Å². The van der Waals surface area contributed by atoms with E-state index in [1.807, 2.05) is 19.6 Å². The molecule has 2 aromatic rings. The molecule has 2 rings (SSSR count). The molecule has 0 aliphatic heterocycles. The van der Waals surface area contributed by atoms with E-state index in [-0.39, 0.29) is 0 Å². The van der Waals surface area contributed by atoms with Crippen LogP contribution in [-0.2, 0) is 0 Å². The zero-order chi connectivity index (χ0) is 13.3. The summed E-state index contributed by atoms with van der Waals surface area (Å²) in [5, 5.41) is 4.32. The van der Waals surface area contributed by atoms with Gasteiger partial charge in [0.05, 0.1) is 23.9 Å². The van der Waals surface area contributed by atoms with Crippen LogP contribution in [0.15, 0.2) is 12.5 Å². The number of nitrogens with one attached hydrogen (secondary N) is 1. The van der Waals surface area contributed by atoms with E-state index >= 15 is 0 Å². The summed E-state index contributed by atoms with van der Waals surface area (Å²) in [5.74, 6) is 0. The SMILES string of the molecule is CNC(C)c1sc(-c2cncn2C(C)C)nc1C. The Balaban J connectivity index is 2.43. The maximum atomic E-state index is 4.68. The Morgan fingerprint density at radius 2 is 2.06 bits per heavy atom. The highest BCUT2D eigenvalue weighted by atomic mass is 32.1. The van der Waals surface area contributed by atoms with Crippen molar-refractivity contribution in [3.8, 4) is 10.7 Å². The van der Waals surface area contributed by atoms with Gasteiger partial charge in [-0.05, 0) is 34.7 Å². The molecule has 0 spiro atoms. The van der Waals surface area contributed by atoms with Gasteiger partial charge in [0.25, 0.3) is 0 Å². The van der Waals surface area contributed by atoms with Crippen molar-refractivity contribution >= 4 is 11.3 Å². The molecule has 5 heteroatoms. The number of hydrogen-bond acceptors (Lipinski definition) is 4. The zero-order valence-corrected chi connectivity index (χ0v) is 12.4. The van der Waals surface area contributed by atoms with Crippen LogP contribution >= 0.6 is 11.3 Å². The summed E-state index contributed by atoms with van der Waals surface area (Å²) in [6, 6.07) is 0.739. The predicted octanol–water partition coefficient (Wildman–Crippen LogP) is 3.18. The number of nitrogens with zero attached hydrogens (tertiary/aromatic N) is 3. The van der Waals surface area contributed by atoms with Crippen LogP contribution in [0.3, 0.4) is 0 Å². The molecule has 0 aromatic carbocycles. The minimum Gasteiger partial charge on any atom is -0.326 e. The summed E-state index contributed by atoms with van der Waals surface area (Å²) in [4.78, 5) is 10.2. The Labute approximate surface area is 112 Å². The summed E-state index contributed by atoms with van der Waals surface area (Å²) in [7, 11) is 1.97. The second-order valence-electron chi connectivity index (χ2n) is 4.76. The Morgan fingerprint density at radius 3 is 2.67 bits per heavy atom. The van der Waals surface area contributed by atoms with E-state index < -0.39 is 0 Å². The molecule has 4 nitrogen and oxygen atoms in total. The molecule has 0 saturated heterocycles. The van der Waals surface area contributed by atoms with Crippen molar-refractivity contribution in [1.82, 2.24) is 19.9 Å². The lowest BCUT2D eigenvalue weighted by atomic mass is 10.2. The molecule has 0 aliphatic rings. The number of thiazole rings is 1. The summed E-state index contributed by atoms with van der Waals surface area (Å²) >= 11 is 1.75. The first-order chi connectivity index (χ1) is 8.54. The van der Waals surface area contributed by atoms with Gasteiger partial charge in [-0.3, -0.25) is 0 Å². The Morgan fingerprint density at radius 1 is 1.33 bits per heavy atom. The van der Waals surface area contributed by atoms with Crippen LogP contribution in [0.2, 0.25) is 0 Å². The molecular formula is C13H20N4S. The maximum absolute atomic E-state index is 4.68. The first-order valence-electron chi connectivity index (χ1n) is 6.21. The smallest absolute Gasteiger partial charge is 0.142 e. The molecule has 1 atom stereocenters. The van der Waals surface area contributed by atoms with Gasteiger partial charge in [0.15, 0.2) is 0 Å². The van der Waals surface area contributed by atoms with Crippen molar-refractivity contribution in [3.63, 3.8) is 0 Å². The number of imidazole rings is 1. The van der Waals surface area contributed by atoms with Gasteiger partial charge in [-0.1, -0.05) is 0 Å². The van der Waals surface area contributed by atoms with Crippen LogP contribution in [0.5, 0.6) is 0 Å². The highest BCUT2D eigenvalue weighted by Gasteiger charge is 2.17. The molecular weight excluding hydrogens is 244 g/mol. The molecule has 1 N–H and O–H groups in total. The van der Waals surface area contributed by atoms with E-state index in [1.54, 1.807) is 11.3 Å². The summed E-state index contributed by atoms with van der Waals surface area (Å²) in [6.45, 7) is 8.54. The number of aromatic nitrogens is 3. The number of aryl methyl sites for hydroxylation is 1. The van der Waals surface area contributed by atoms with E-state index in [9.17, 15) is 0 Å². The molecule has 2 heterocycles. The van der Waals surface area contributed by atoms with Crippen molar-refractivity contribution < 1.29 is 0 Å². The number of rotatable bonds is 4. The standard InChI is InChI=1S/C13H20N4S/c1-8(2)17-7-15-6-11(17)13-16-10(4)12(18-13)9(3)14-5/h6-9,14H,1-5H3. The largest absolute Gasteiger partial charge is 0.326 e. The fourth-order valence-corrected chi connectivity index (χ4v) is 3.07. The molecule has 1 unspecified atom stereocenters. The van der Waals surface area contributed by atoms with Gasteiger partial charge >= 0.3 is 0 Å². The topological polar surface area (TPSA) is 42.7 Å². The molecule has 2 aromatic heterocycles. The first-order valence-corrected chi connectivity index (χ1v) is 7.03. The number of hydrogen-bond donors (Lipinski definition) is 1. The van der Waals surface area contributed by atoms with Crippen LogP contribution in [-0.4, -0.2) is 21.6 Å². The average molecular weight is 264 g/mol. The van der Waals surface area contributed by atoms with Crippen LogP contribution in [0, 0.1) is 6.92 Å². The van der Waals surface area contributed by atoms with Crippen LogP contribution in [0.25, 0.3) is 10.7 Å². The summed E-state index contributed by atoms with van der Waals surface area (Å²) in [5.41, 5.74) is 2.21. The molecule has 0 saturated carbocycles. The predicted molar refractivity (Wildman–Crippen MR) is 75.9 cm³/mol. The Hall–Kier alpha value is -1.20. The third-order valence-electron chi connectivity index (χ3n) is 3.10. The average Bonchev–Trinajstić information content (AvgIpc) is 2.93. The second-order valence-corrected chi connectivity index (χ2v) is 5.79. The third-order valence-corrected chi connectivity index (χ3v) is 4.46. The highest BCUT2D eigenvalue weighted by molar-refractivity contribution is 7.15. The van der Waals surface area contributed by atoms with Crippen molar-refractivity contribution in [1.29, 1.82) is 0 Å². The lowest BCUT2D eigenvalue weighted by Crippen LogP contribution is -2.11. The normalized spacial score (nSPS) is 13.2. The zero-order valence-electron chi connectivity index (χ0n) is 11.6. The quantitative estimate of drug-likeness (QED) is 0.922. The lowest BCUT2D eigenvalue weighted by Gasteiger charge is -2.09. The molecule has 18 heavy (non-hydrogen) atoms. The van der Waals surface area contributed by atoms with Gasteiger partial charge < -0.3 is 9.88 Å². The molecule has 98 valence electrons. The molecule has 0 fully saturated rings. The van der Waals surface area contributed by atoms with E-state index in [0.717, 1.165) is 16.4 Å². The summed E-state index contributed by atoms with van der Waals surface area (Å²) < 4.78 is 2.16. The van der Waals surface area contributed by atoms with Gasteiger partial charge in [0.1, 0.15) is 5.01 Å². The lowest BCUT2D eigenvalue weighted by molar-refractivity contribution is 0.605. The van der Waals surface area contributed by atoms with Gasteiger partial charge in [-0.15, -0.1) is 11.3 Å². The van der Waals surface area contributed by atoms with E-state index in [4.69, 9.17) is 0 Å². The first kappa shape index (κ1) is 13.2. The van der Waals surface area contributed by atoms with Gasteiger partial charge in [-0.2, -0.15) is 0 Å². The van der Waals surface area contributed by atoms with E-state index in [1.165, 1.54) is 4.88 Å². The summed E-state index contributed by atoms with van der Waals surface area (Å²) in [6.07, 6.45) is 3.77. The van der Waals surface area contributed by atoms with Crippen molar-refractivity contribution in [2.45, 2.75) is 39.8 Å².